The first-order valence-corrected chi connectivity index (χ1v) is 7.84. The third-order valence-electron chi connectivity index (χ3n) is 4.31. The Morgan fingerprint density at radius 2 is 1.95 bits per heavy atom. The van der Waals surface area contributed by atoms with Crippen molar-refractivity contribution in [1.82, 2.24) is 5.32 Å². The highest BCUT2D eigenvalue weighted by Crippen LogP contribution is 2.57. The van der Waals surface area contributed by atoms with Crippen LogP contribution in [-0.4, -0.2) is 33.9 Å². The predicted molar refractivity (Wildman–Crippen MR) is 87.4 cm³/mol. The lowest BCUT2D eigenvalue weighted by atomic mass is 9.51. The molecule has 0 aliphatic heterocycles. The first-order valence-electron chi connectivity index (χ1n) is 7.46. The Morgan fingerprint density at radius 1 is 1.24 bits per heavy atom. The average Bonchev–Trinajstić information content (AvgIpc) is 2.41. The summed E-state index contributed by atoms with van der Waals surface area (Å²) >= 11 is 6.22. The van der Waals surface area contributed by atoms with Gasteiger partial charge in [-0.15, -0.1) is 0 Å². The second-order valence-corrected chi connectivity index (χ2v) is 7.25. The summed E-state index contributed by atoms with van der Waals surface area (Å²) in [4.78, 5) is 0. The zero-order chi connectivity index (χ0) is 15.5. The van der Waals surface area contributed by atoms with Gasteiger partial charge in [-0.05, 0) is 36.5 Å². The maximum absolute atomic E-state index is 6.22. The molecular weight excluding hydrogens is 286 g/mol. The molecule has 0 saturated heterocycles. The molecule has 0 radical (unpaired) electrons. The van der Waals surface area contributed by atoms with Gasteiger partial charge in [-0.1, -0.05) is 25.4 Å². The van der Waals surface area contributed by atoms with Gasteiger partial charge in [0.05, 0.1) is 13.7 Å². The van der Waals surface area contributed by atoms with Crippen molar-refractivity contribution in [3.05, 3.63) is 28.8 Å². The fraction of sp³-hybridized carbons (Fsp3) is 0.647. The first kappa shape index (κ1) is 16.6. The van der Waals surface area contributed by atoms with Crippen molar-refractivity contribution in [2.24, 2.45) is 5.41 Å². The normalized spacial score (nSPS) is 19.1. The second kappa shape index (κ2) is 6.55. The van der Waals surface area contributed by atoms with Crippen molar-refractivity contribution < 1.29 is 9.47 Å². The van der Waals surface area contributed by atoms with Gasteiger partial charge in [-0.3, -0.25) is 0 Å². The third kappa shape index (κ3) is 3.71. The van der Waals surface area contributed by atoms with Gasteiger partial charge in [0.1, 0.15) is 5.75 Å². The Balaban J connectivity index is 2.22. The Labute approximate surface area is 133 Å². The van der Waals surface area contributed by atoms with Gasteiger partial charge in [0, 0.05) is 36.2 Å². The molecule has 1 saturated carbocycles. The summed E-state index contributed by atoms with van der Waals surface area (Å²) in [6.07, 6.45) is 2.27. The van der Waals surface area contributed by atoms with E-state index in [1.54, 1.807) is 14.2 Å². The van der Waals surface area contributed by atoms with Gasteiger partial charge in [0.15, 0.2) is 0 Å². The quantitative estimate of drug-likeness (QED) is 0.780. The molecule has 3 nitrogen and oxygen atoms in total. The van der Waals surface area contributed by atoms with Crippen molar-refractivity contribution in [2.75, 3.05) is 33.9 Å². The monoisotopic (exact) mass is 311 g/mol. The van der Waals surface area contributed by atoms with Crippen molar-refractivity contribution in [3.63, 3.8) is 0 Å². The van der Waals surface area contributed by atoms with Crippen LogP contribution in [-0.2, 0) is 10.2 Å². The average molecular weight is 312 g/mol. The van der Waals surface area contributed by atoms with Gasteiger partial charge in [-0.25, -0.2) is 0 Å². The van der Waals surface area contributed by atoms with E-state index in [0.29, 0.717) is 5.41 Å². The van der Waals surface area contributed by atoms with Crippen LogP contribution in [0.15, 0.2) is 18.2 Å². The fourth-order valence-corrected chi connectivity index (χ4v) is 3.96. The SMILES string of the molecule is COCCNCC1(c2cc(Cl)ccc2OC)CC(C)(C)C1. The molecular formula is C17H26ClNO2. The summed E-state index contributed by atoms with van der Waals surface area (Å²) in [6.45, 7) is 7.15. The zero-order valence-electron chi connectivity index (χ0n) is 13.5. The highest BCUT2D eigenvalue weighted by atomic mass is 35.5. The molecule has 1 aliphatic carbocycles. The molecule has 0 amide bonds. The smallest absolute Gasteiger partial charge is 0.122 e. The molecule has 0 heterocycles. The number of ether oxygens (including phenoxy) is 2. The highest BCUT2D eigenvalue weighted by Gasteiger charge is 2.51. The van der Waals surface area contributed by atoms with E-state index < -0.39 is 0 Å². The van der Waals surface area contributed by atoms with Gasteiger partial charge < -0.3 is 14.8 Å². The summed E-state index contributed by atoms with van der Waals surface area (Å²) in [5, 5.41) is 4.28. The Bertz CT molecular complexity index is 480. The van der Waals surface area contributed by atoms with E-state index in [4.69, 9.17) is 21.1 Å². The van der Waals surface area contributed by atoms with Crippen molar-refractivity contribution >= 4 is 11.6 Å². The van der Waals surface area contributed by atoms with Gasteiger partial charge in [0.2, 0.25) is 0 Å². The number of nitrogens with one attached hydrogen (secondary N) is 1. The minimum atomic E-state index is 0.105. The van der Waals surface area contributed by atoms with Crippen LogP contribution in [0.4, 0.5) is 0 Å². The molecule has 1 N–H and O–H groups in total. The lowest BCUT2D eigenvalue weighted by molar-refractivity contribution is 0.0529. The number of methoxy groups -OCH3 is 2. The minimum Gasteiger partial charge on any atom is -0.496 e. The summed E-state index contributed by atoms with van der Waals surface area (Å²) in [6, 6.07) is 5.92. The van der Waals surface area contributed by atoms with Crippen LogP contribution >= 0.6 is 11.6 Å². The molecule has 1 aromatic rings. The van der Waals surface area contributed by atoms with E-state index in [0.717, 1.165) is 43.3 Å². The maximum Gasteiger partial charge on any atom is 0.122 e. The number of hydrogen-bond donors (Lipinski definition) is 1. The van der Waals surface area contributed by atoms with Crippen molar-refractivity contribution in [3.8, 4) is 5.75 Å². The van der Waals surface area contributed by atoms with Crippen molar-refractivity contribution in [2.45, 2.75) is 32.1 Å². The van der Waals surface area contributed by atoms with Crippen LogP contribution < -0.4 is 10.1 Å². The first-order chi connectivity index (χ1) is 9.92. The summed E-state index contributed by atoms with van der Waals surface area (Å²) in [5.41, 5.74) is 1.70. The minimum absolute atomic E-state index is 0.105. The second-order valence-electron chi connectivity index (χ2n) is 6.81. The number of hydrogen-bond acceptors (Lipinski definition) is 3. The van der Waals surface area contributed by atoms with Crippen molar-refractivity contribution in [1.29, 1.82) is 0 Å². The van der Waals surface area contributed by atoms with E-state index >= 15 is 0 Å². The van der Waals surface area contributed by atoms with E-state index in [2.05, 4.69) is 25.2 Å². The summed E-state index contributed by atoms with van der Waals surface area (Å²) in [7, 11) is 3.45. The van der Waals surface area contributed by atoms with Crippen LogP contribution in [0.2, 0.25) is 5.02 Å². The predicted octanol–water partition coefficient (Wildman–Crippen LogP) is 3.64. The van der Waals surface area contributed by atoms with Gasteiger partial charge >= 0.3 is 0 Å². The van der Waals surface area contributed by atoms with Crippen LogP contribution in [0.5, 0.6) is 5.75 Å². The molecule has 2 rings (SSSR count). The van der Waals surface area contributed by atoms with E-state index in [9.17, 15) is 0 Å². The topological polar surface area (TPSA) is 30.5 Å². The number of halogens is 1. The molecule has 0 unspecified atom stereocenters. The Kier molecular flexibility index (Phi) is 5.18. The molecule has 0 bridgehead atoms. The number of benzene rings is 1. The summed E-state index contributed by atoms with van der Waals surface area (Å²) < 4.78 is 10.7. The standard InChI is InChI=1S/C17H26ClNO2/c1-16(2)10-17(11-16,12-19-7-8-20-3)14-9-13(18)5-6-15(14)21-4/h5-6,9,19H,7-8,10-12H2,1-4H3. The van der Waals surface area contributed by atoms with Crippen LogP contribution in [0.3, 0.4) is 0 Å². The molecule has 0 spiro atoms. The highest BCUT2D eigenvalue weighted by molar-refractivity contribution is 6.30. The largest absolute Gasteiger partial charge is 0.496 e. The summed E-state index contributed by atoms with van der Waals surface area (Å²) in [5.74, 6) is 0.934. The molecule has 1 aromatic carbocycles. The molecule has 0 atom stereocenters. The van der Waals surface area contributed by atoms with Crippen LogP contribution in [0.25, 0.3) is 0 Å². The van der Waals surface area contributed by atoms with Gasteiger partial charge in [-0.2, -0.15) is 0 Å². The molecule has 1 fully saturated rings. The molecule has 0 aromatic heterocycles. The Morgan fingerprint density at radius 3 is 2.52 bits per heavy atom. The van der Waals surface area contributed by atoms with E-state index in [-0.39, 0.29) is 5.41 Å². The van der Waals surface area contributed by atoms with E-state index in [1.165, 1.54) is 5.56 Å². The van der Waals surface area contributed by atoms with Crippen LogP contribution in [0.1, 0.15) is 32.3 Å². The molecule has 1 aliphatic rings. The zero-order valence-corrected chi connectivity index (χ0v) is 14.2. The van der Waals surface area contributed by atoms with E-state index in [1.807, 2.05) is 12.1 Å². The van der Waals surface area contributed by atoms with Gasteiger partial charge in [0.25, 0.3) is 0 Å². The molecule has 21 heavy (non-hydrogen) atoms. The lowest BCUT2D eigenvalue weighted by Crippen LogP contribution is -2.53. The lowest BCUT2D eigenvalue weighted by Gasteiger charge is -2.54. The third-order valence-corrected chi connectivity index (χ3v) is 4.55. The number of rotatable bonds is 7. The maximum atomic E-state index is 6.22. The Hall–Kier alpha value is -0.770. The molecule has 4 heteroatoms. The fourth-order valence-electron chi connectivity index (χ4n) is 3.79. The molecule has 118 valence electrons. The van der Waals surface area contributed by atoms with Crippen LogP contribution in [0, 0.1) is 5.41 Å².